The second-order valence-electron chi connectivity index (χ2n) is 4.28. The maximum absolute atomic E-state index is 5.23. The highest BCUT2D eigenvalue weighted by atomic mass is 79.9. The number of methoxy groups -OCH3 is 1. The zero-order valence-corrected chi connectivity index (χ0v) is 14.7. The van der Waals surface area contributed by atoms with Crippen LogP contribution in [-0.4, -0.2) is 28.2 Å². The van der Waals surface area contributed by atoms with Crippen LogP contribution in [-0.2, 0) is 0 Å². The summed E-state index contributed by atoms with van der Waals surface area (Å²) in [4.78, 5) is 1.00. The lowest BCUT2D eigenvalue weighted by atomic mass is 10.2. The molecule has 0 fully saturated rings. The van der Waals surface area contributed by atoms with E-state index >= 15 is 0 Å². The predicted octanol–water partition coefficient (Wildman–Crippen LogP) is 4.32. The molecule has 0 aliphatic rings. The molecule has 0 radical (unpaired) electrons. The van der Waals surface area contributed by atoms with Gasteiger partial charge in [-0.2, -0.15) is 14.9 Å². The van der Waals surface area contributed by atoms with E-state index in [2.05, 4.69) is 31.2 Å². The molecule has 3 aromatic rings. The van der Waals surface area contributed by atoms with Gasteiger partial charge in [0.2, 0.25) is 4.77 Å². The molecule has 1 N–H and O–H groups in total. The van der Waals surface area contributed by atoms with Crippen molar-refractivity contribution in [3.63, 3.8) is 0 Å². The molecular weight excluding hydrogens is 384 g/mol. The molecule has 0 saturated carbocycles. The van der Waals surface area contributed by atoms with Gasteiger partial charge in [0.1, 0.15) is 5.75 Å². The fraction of sp³-hybridized carbons (Fsp3) is 0.0714. The summed E-state index contributed by atoms with van der Waals surface area (Å²) in [5, 5.41) is 13.4. The Morgan fingerprint density at radius 3 is 3.00 bits per heavy atom. The average molecular weight is 395 g/mol. The van der Waals surface area contributed by atoms with Crippen LogP contribution in [0.25, 0.3) is 10.7 Å². The number of ether oxygens (including phenoxy) is 1. The van der Waals surface area contributed by atoms with Crippen molar-refractivity contribution in [2.24, 2.45) is 5.10 Å². The summed E-state index contributed by atoms with van der Waals surface area (Å²) in [5.41, 5.74) is 0.924. The highest BCUT2D eigenvalue weighted by Gasteiger charge is 2.08. The molecule has 0 bridgehead atoms. The van der Waals surface area contributed by atoms with E-state index in [4.69, 9.17) is 17.0 Å². The van der Waals surface area contributed by atoms with Crippen LogP contribution in [0.15, 0.2) is 45.3 Å². The Bertz CT molecular complexity index is 867. The number of nitrogens with one attached hydrogen (secondary N) is 1. The molecule has 1 aromatic carbocycles. The van der Waals surface area contributed by atoms with Crippen LogP contribution in [0, 0.1) is 4.77 Å². The molecule has 0 unspecified atom stereocenters. The van der Waals surface area contributed by atoms with Crippen molar-refractivity contribution in [1.82, 2.24) is 14.9 Å². The van der Waals surface area contributed by atoms with Crippen molar-refractivity contribution >= 4 is 45.7 Å². The SMILES string of the molecule is COc1ccc(C=Nn2c(-c3cccs3)n[nH]c2=S)cc1Br. The van der Waals surface area contributed by atoms with Crippen LogP contribution in [0.4, 0.5) is 0 Å². The smallest absolute Gasteiger partial charge is 0.216 e. The summed E-state index contributed by atoms with van der Waals surface area (Å²) in [6.45, 7) is 0. The average Bonchev–Trinajstić information content (AvgIpc) is 3.15. The minimum absolute atomic E-state index is 0.451. The largest absolute Gasteiger partial charge is 0.496 e. The first kappa shape index (κ1) is 15.1. The number of hydrogen-bond acceptors (Lipinski definition) is 5. The number of nitrogens with zero attached hydrogens (tertiary/aromatic N) is 3. The molecule has 0 atom stereocenters. The molecule has 2 aromatic heterocycles. The maximum Gasteiger partial charge on any atom is 0.216 e. The molecule has 0 aliphatic heterocycles. The predicted molar refractivity (Wildman–Crippen MR) is 94.4 cm³/mol. The third-order valence-corrected chi connectivity index (χ3v) is 4.64. The van der Waals surface area contributed by atoms with Crippen LogP contribution in [0.2, 0.25) is 0 Å². The summed E-state index contributed by atoms with van der Waals surface area (Å²) in [7, 11) is 1.63. The van der Waals surface area contributed by atoms with E-state index in [1.807, 2.05) is 35.7 Å². The van der Waals surface area contributed by atoms with E-state index < -0.39 is 0 Å². The molecule has 5 nitrogen and oxygen atoms in total. The van der Waals surface area contributed by atoms with E-state index in [-0.39, 0.29) is 0 Å². The summed E-state index contributed by atoms with van der Waals surface area (Å²) in [6.07, 6.45) is 1.73. The van der Waals surface area contributed by atoms with Crippen molar-refractivity contribution in [3.8, 4) is 16.5 Å². The van der Waals surface area contributed by atoms with Crippen molar-refractivity contribution in [1.29, 1.82) is 0 Å². The summed E-state index contributed by atoms with van der Waals surface area (Å²) in [5.74, 6) is 1.47. The van der Waals surface area contributed by atoms with Gasteiger partial charge in [0, 0.05) is 0 Å². The van der Waals surface area contributed by atoms with Crippen LogP contribution in [0.1, 0.15) is 5.56 Å². The Labute approximate surface area is 144 Å². The molecule has 0 aliphatic carbocycles. The van der Waals surface area contributed by atoms with Gasteiger partial charge >= 0.3 is 0 Å². The number of halogens is 1. The Morgan fingerprint density at radius 1 is 1.45 bits per heavy atom. The topological polar surface area (TPSA) is 55.2 Å². The number of aromatic amines is 1. The third kappa shape index (κ3) is 3.03. The first-order valence-electron chi connectivity index (χ1n) is 6.28. The lowest BCUT2D eigenvalue weighted by Gasteiger charge is -2.03. The monoisotopic (exact) mass is 394 g/mol. The van der Waals surface area contributed by atoms with Crippen LogP contribution in [0.3, 0.4) is 0 Å². The molecule has 0 amide bonds. The molecule has 0 saturated heterocycles. The lowest BCUT2D eigenvalue weighted by molar-refractivity contribution is 0.412. The Kier molecular flexibility index (Phi) is 4.51. The van der Waals surface area contributed by atoms with E-state index in [1.165, 1.54) is 0 Å². The molecule has 0 spiro atoms. The van der Waals surface area contributed by atoms with E-state index in [1.54, 1.807) is 29.3 Å². The summed E-state index contributed by atoms with van der Waals surface area (Å²) >= 11 is 10.3. The van der Waals surface area contributed by atoms with Crippen molar-refractivity contribution < 1.29 is 4.74 Å². The zero-order chi connectivity index (χ0) is 15.5. The normalized spacial score (nSPS) is 11.2. The number of benzene rings is 1. The molecule has 22 heavy (non-hydrogen) atoms. The summed E-state index contributed by atoms with van der Waals surface area (Å²) in [6, 6.07) is 9.66. The lowest BCUT2D eigenvalue weighted by Crippen LogP contribution is -1.94. The standard InChI is InChI=1S/C14H11BrN4OS2/c1-20-11-5-4-9(7-10(11)15)8-16-19-13(17-18-14(19)21)12-3-2-6-22-12/h2-8H,1H3,(H,18,21). The van der Waals surface area contributed by atoms with Crippen molar-refractivity contribution in [3.05, 3.63) is 50.5 Å². The second kappa shape index (κ2) is 6.55. The Morgan fingerprint density at radius 2 is 2.32 bits per heavy atom. The van der Waals surface area contributed by atoms with Gasteiger partial charge in [-0.1, -0.05) is 6.07 Å². The van der Waals surface area contributed by atoms with Gasteiger partial charge < -0.3 is 4.74 Å². The highest BCUT2D eigenvalue weighted by Crippen LogP contribution is 2.25. The van der Waals surface area contributed by atoms with E-state index in [0.29, 0.717) is 10.6 Å². The quantitative estimate of drug-likeness (QED) is 0.529. The minimum Gasteiger partial charge on any atom is -0.496 e. The fourth-order valence-corrected chi connectivity index (χ4v) is 3.29. The minimum atomic E-state index is 0.451. The first-order valence-corrected chi connectivity index (χ1v) is 8.36. The molecule has 2 heterocycles. The van der Waals surface area contributed by atoms with Gasteiger partial charge in [0.05, 0.1) is 22.7 Å². The summed E-state index contributed by atoms with van der Waals surface area (Å²) < 4.78 is 8.14. The third-order valence-electron chi connectivity index (χ3n) is 2.89. The van der Waals surface area contributed by atoms with Crippen LogP contribution >= 0.6 is 39.5 Å². The first-order chi connectivity index (χ1) is 10.7. The van der Waals surface area contributed by atoms with Crippen molar-refractivity contribution in [2.45, 2.75) is 0 Å². The Hall–Kier alpha value is -1.77. The number of rotatable bonds is 4. The van der Waals surface area contributed by atoms with E-state index in [0.717, 1.165) is 20.7 Å². The second-order valence-corrected chi connectivity index (χ2v) is 6.47. The van der Waals surface area contributed by atoms with E-state index in [9.17, 15) is 0 Å². The van der Waals surface area contributed by atoms with Gasteiger partial charge in [0.15, 0.2) is 5.82 Å². The van der Waals surface area contributed by atoms with Gasteiger partial charge in [-0.25, -0.2) is 5.10 Å². The molecule has 112 valence electrons. The number of thiophene rings is 1. The molecule has 8 heteroatoms. The maximum atomic E-state index is 5.23. The molecular formula is C14H11BrN4OS2. The van der Waals surface area contributed by atoms with Crippen molar-refractivity contribution in [2.75, 3.05) is 7.11 Å². The van der Waals surface area contributed by atoms with Crippen LogP contribution in [0.5, 0.6) is 5.75 Å². The van der Waals surface area contributed by atoms with Gasteiger partial charge in [-0.15, -0.1) is 11.3 Å². The van der Waals surface area contributed by atoms with Gasteiger partial charge in [-0.05, 0) is 63.4 Å². The zero-order valence-electron chi connectivity index (χ0n) is 11.5. The number of hydrogen-bond donors (Lipinski definition) is 1. The molecule has 3 rings (SSSR count). The number of H-pyrrole nitrogens is 1. The van der Waals surface area contributed by atoms with Gasteiger partial charge in [0.25, 0.3) is 0 Å². The van der Waals surface area contributed by atoms with Gasteiger partial charge in [-0.3, -0.25) is 0 Å². The fourth-order valence-electron chi connectivity index (χ4n) is 1.85. The van der Waals surface area contributed by atoms with Crippen LogP contribution < -0.4 is 4.74 Å². The number of aromatic nitrogens is 3. The Balaban J connectivity index is 1.95. The highest BCUT2D eigenvalue weighted by molar-refractivity contribution is 9.10.